The van der Waals surface area contributed by atoms with Crippen LogP contribution in [0.5, 0.6) is 0 Å². The highest BCUT2D eigenvalue weighted by atomic mass is 32.1. The standard InChI is InChI=1S/C11H10OS2/c1-7-5-8(2)14-11(7)10(12)9-3-4-13-6-9/h3-6H,1-2H3. The van der Waals surface area contributed by atoms with Gasteiger partial charge in [-0.3, -0.25) is 4.79 Å². The van der Waals surface area contributed by atoms with Crippen molar-refractivity contribution in [1.29, 1.82) is 0 Å². The number of rotatable bonds is 2. The van der Waals surface area contributed by atoms with E-state index in [1.54, 1.807) is 22.7 Å². The number of hydrogen-bond acceptors (Lipinski definition) is 3. The van der Waals surface area contributed by atoms with E-state index in [-0.39, 0.29) is 5.78 Å². The number of thiophene rings is 2. The van der Waals surface area contributed by atoms with Crippen molar-refractivity contribution in [1.82, 2.24) is 0 Å². The van der Waals surface area contributed by atoms with E-state index in [1.165, 1.54) is 4.88 Å². The van der Waals surface area contributed by atoms with Gasteiger partial charge in [0.25, 0.3) is 0 Å². The molecule has 0 fully saturated rings. The van der Waals surface area contributed by atoms with Gasteiger partial charge in [0.15, 0.2) is 0 Å². The average molecular weight is 222 g/mol. The summed E-state index contributed by atoms with van der Waals surface area (Å²) in [4.78, 5) is 14.0. The molecular weight excluding hydrogens is 212 g/mol. The molecule has 72 valence electrons. The third kappa shape index (κ3) is 1.65. The summed E-state index contributed by atoms with van der Waals surface area (Å²) in [7, 11) is 0. The van der Waals surface area contributed by atoms with Crippen LogP contribution in [0.2, 0.25) is 0 Å². The molecule has 0 aliphatic heterocycles. The fraction of sp³-hybridized carbons (Fsp3) is 0.182. The minimum absolute atomic E-state index is 0.154. The third-order valence-corrected chi connectivity index (χ3v) is 3.87. The van der Waals surface area contributed by atoms with Gasteiger partial charge in [-0.05, 0) is 36.9 Å². The zero-order valence-electron chi connectivity index (χ0n) is 8.03. The average Bonchev–Trinajstić information content (AvgIpc) is 2.73. The summed E-state index contributed by atoms with van der Waals surface area (Å²) in [5.74, 6) is 0.154. The second-order valence-corrected chi connectivity index (χ2v) is 5.25. The Hall–Kier alpha value is -0.930. The molecule has 0 saturated carbocycles. The van der Waals surface area contributed by atoms with E-state index in [0.29, 0.717) is 0 Å². The minimum atomic E-state index is 0.154. The molecule has 0 amide bonds. The maximum atomic E-state index is 12.0. The molecule has 0 aliphatic carbocycles. The first-order valence-electron chi connectivity index (χ1n) is 4.32. The highest BCUT2D eigenvalue weighted by Crippen LogP contribution is 2.24. The second kappa shape index (κ2) is 3.67. The highest BCUT2D eigenvalue weighted by Gasteiger charge is 2.14. The van der Waals surface area contributed by atoms with Crippen molar-refractivity contribution in [3.8, 4) is 0 Å². The molecule has 3 heteroatoms. The maximum Gasteiger partial charge on any atom is 0.204 e. The third-order valence-electron chi connectivity index (χ3n) is 2.03. The summed E-state index contributed by atoms with van der Waals surface area (Å²) < 4.78 is 0. The summed E-state index contributed by atoms with van der Waals surface area (Å²) in [6.45, 7) is 4.02. The van der Waals surface area contributed by atoms with E-state index in [0.717, 1.165) is 16.0 Å². The Kier molecular flexibility index (Phi) is 2.52. The maximum absolute atomic E-state index is 12.0. The van der Waals surface area contributed by atoms with Gasteiger partial charge in [0.05, 0.1) is 4.88 Å². The van der Waals surface area contributed by atoms with Gasteiger partial charge in [-0.2, -0.15) is 11.3 Å². The largest absolute Gasteiger partial charge is 0.288 e. The minimum Gasteiger partial charge on any atom is -0.288 e. The predicted octanol–water partition coefficient (Wildman–Crippen LogP) is 3.66. The number of ketones is 1. The van der Waals surface area contributed by atoms with Crippen LogP contribution in [0.4, 0.5) is 0 Å². The lowest BCUT2D eigenvalue weighted by atomic mass is 10.1. The van der Waals surface area contributed by atoms with Crippen LogP contribution in [-0.2, 0) is 0 Å². The first-order valence-corrected chi connectivity index (χ1v) is 6.08. The molecule has 0 N–H and O–H groups in total. The molecule has 1 nitrogen and oxygen atoms in total. The molecule has 0 aliphatic rings. The molecule has 2 rings (SSSR count). The lowest BCUT2D eigenvalue weighted by Crippen LogP contribution is -1.97. The molecule has 2 aromatic rings. The molecule has 0 bridgehead atoms. The first kappa shape index (κ1) is 9.62. The Labute approximate surface area is 91.0 Å². The summed E-state index contributed by atoms with van der Waals surface area (Å²) in [6, 6.07) is 3.94. The molecule has 2 heterocycles. The summed E-state index contributed by atoms with van der Waals surface area (Å²) in [6.07, 6.45) is 0. The number of carbonyl (C=O) groups excluding carboxylic acids is 1. The quantitative estimate of drug-likeness (QED) is 0.709. The van der Waals surface area contributed by atoms with Gasteiger partial charge in [0.2, 0.25) is 5.78 Å². The Morgan fingerprint density at radius 2 is 2.14 bits per heavy atom. The first-order chi connectivity index (χ1) is 6.68. The van der Waals surface area contributed by atoms with Crippen LogP contribution in [-0.4, -0.2) is 5.78 Å². The molecule has 0 unspecified atom stereocenters. The van der Waals surface area contributed by atoms with Crippen LogP contribution in [0, 0.1) is 13.8 Å². The Bertz CT molecular complexity index is 452. The molecular formula is C11H10OS2. The van der Waals surface area contributed by atoms with Gasteiger partial charge in [-0.15, -0.1) is 11.3 Å². The monoisotopic (exact) mass is 222 g/mol. The van der Waals surface area contributed by atoms with Crippen molar-refractivity contribution in [2.24, 2.45) is 0 Å². The van der Waals surface area contributed by atoms with Crippen molar-refractivity contribution in [3.63, 3.8) is 0 Å². The fourth-order valence-electron chi connectivity index (χ4n) is 1.39. The van der Waals surface area contributed by atoms with Crippen molar-refractivity contribution in [3.05, 3.63) is 43.8 Å². The van der Waals surface area contributed by atoms with Crippen LogP contribution in [0.3, 0.4) is 0 Å². The van der Waals surface area contributed by atoms with Crippen LogP contribution >= 0.6 is 22.7 Å². The van der Waals surface area contributed by atoms with Gasteiger partial charge in [0, 0.05) is 15.8 Å². The molecule has 0 atom stereocenters. The van der Waals surface area contributed by atoms with Gasteiger partial charge >= 0.3 is 0 Å². The topological polar surface area (TPSA) is 17.1 Å². The lowest BCUT2D eigenvalue weighted by molar-refractivity contribution is 0.104. The van der Waals surface area contributed by atoms with Crippen LogP contribution in [0.15, 0.2) is 22.9 Å². The molecule has 0 radical (unpaired) electrons. The molecule has 0 spiro atoms. The van der Waals surface area contributed by atoms with Crippen LogP contribution in [0.25, 0.3) is 0 Å². The van der Waals surface area contributed by atoms with E-state index in [1.807, 2.05) is 30.7 Å². The van der Waals surface area contributed by atoms with Crippen molar-refractivity contribution >= 4 is 28.5 Å². The van der Waals surface area contributed by atoms with Gasteiger partial charge in [0.1, 0.15) is 0 Å². The Morgan fingerprint density at radius 1 is 1.36 bits per heavy atom. The lowest BCUT2D eigenvalue weighted by Gasteiger charge is -1.94. The van der Waals surface area contributed by atoms with E-state index in [2.05, 4.69) is 6.07 Å². The van der Waals surface area contributed by atoms with Gasteiger partial charge in [-0.1, -0.05) is 0 Å². The normalized spacial score (nSPS) is 10.4. The van der Waals surface area contributed by atoms with E-state index in [9.17, 15) is 4.79 Å². The Morgan fingerprint density at radius 3 is 2.64 bits per heavy atom. The zero-order valence-corrected chi connectivity index (χ0v) is 9.67. The van der Waals surface area contributed by atoms with E-state index < -0.39 is 0 Å². The molecule has 2 aromatic heterocycles. The fourth-order valence-corrected chi connectivity index (χ4v) is 3.02. The predicted molar refractivity (Wildman–Crippen MR) is 61.5 cm³/mol. The summed E-state index contributed by atoms with van der Waals surface area (Å²) >= 11 is 3.13. The van der Waals surface area contributed by atoms with Gasteiger partial charge < -0.3 is 0 Å². The van der Waals surface area contributed by atoms with Gasteiger partial charge in [-0.25, -0.2) is 0 Å². The number of carbonyl (C=O) groups is 1. The van der Waals surface area contributed by atoms with Crippen molar-refractivity contribution in [2.45, 2.75) is 13.8 Å². The highest BCUT2D eigenvalue weighted by molar-refractivity contribution is 7.14. The summed E-state index contributed by atoms with van der Waals surface area (Å²) in [5.41, 5.74) is 1.89. The van der Waals surface area contributed by atoms with Crippen LogP contribution < -0.4 is 0 Å². The van der Waals surface area contributed by atoms with Crippen LogP contribution in [0.1, 0.15) is 25.7 Å². The summed E-state index contributed by atoms with van der Waals surface area (Å²) in [5, 5.41) is 3.83. The van der Waals surface area contributed by atoms with E-state index >= 15 is 0 Å². The second-order valence-electron chi connectivity index (χ2n) is 3.21. The molecule has 0 aromatic carbocycles. The smallest absolute Gasteiger partial charge is 0.204 e. The Balaban J connectivity index is 2.41. The SMILES string of the molecule is Cc1cc(C)c(C(=O)c2ccsc2)s1. The number of aryl methyl sites for hydroxylation is 2. The van der Waals surface area contributed by atoms with Crippen molar-refractivity contribution in [2.75, 3.05) is 0 Å². The molecule has 14 heavy (non-hydrogen) atoms. The number of hydrogen-bond donors (Lipinski definition) is 0. The van der Waals surface area contributed by atoms with Crippen molar-refractivity contribution < 1.29 is 4.79 Å². The molecule has 0 saturated heterocycles. The van der Waals surface area contributed by atoms with E-state index in [4.69, 9.17) is 0 Å². The zero-order chi connectivity index (χ0) is 10.1.